The highest BCUT2D eigenvalue weighted by Gasteiger charge is 2.20. The molecule has 0 aliphatic carbocycles. The van der Waals surface area contributed by atoms with Crippen molar-refractivity contribution in [3.8, 4) is 5.75 Å². The molecule has 2 N–H and O–H groups in total. The van der Waals surface area contributed by atoms with E-state index in [1.165, 1.54) is 6.07 Å². The van der Waals surface area contributed by atoms with Crippen LogP contribution < -0.4 is 0 Å². The van der Waals surface area contributed by atoms with Gasteiger partial charge in [0.25, 0.3) is 5.69 Å². The number of nitrogens with zero attached hydrogens (tertiary/aromatic N) is 2. The third-order valence-electron chi connectivity index (χ3n) is 3.50. The molecule has 0 bridgehead atoms. The predicted octanol–water partition coefficient (Wildman–Crippen LogP) is 4.37. The van der Waals surface area contributed by atoms with E-state index in [9.17, 15) is 15.2 Å². The summed E-state index contributed by atoms with van der Waals surface area (Å²) in [6.07, 6.45) is 3.47. The Kier molecular flexibility index (Phi) is 4.97. The van der Waals surface area contributed by atoms with Crippen molar-refractivity contribution in [3.63, 3.8) is 0 Å². The normalized spacial score (nSPS) is 11.4. The minimum Gasteiger partial charge on any atom is -0.507 e. The fraction of sp³-hybridized carbons (Fsp3) is 0.267. The van der Waals surface area contributed by atoms with Crippen molar-refractivity contribution >= 4 is 38.6 Å². The first-order valence-electron chi connectivity index (χ1n) is 6.80. The molecule has 22 heavy (non-hydrogen) atoms. The van der Waals surface area contributed by atoms with E-state index in [1.54, 1.807) is 12.1 Å². The third-order valence-corrected chi connectivity index (χ3v) is 4.16. The molecule has 0 fully saturated rings. The van der Waals surface area contributed by atoms with E-state index < -0.39 is 4.92 Å². The quantitative estimate of drug-likeness (QED) is 0.355. The summed E-state index contributed by atoms with van der Waals surface area (Å²) in [5.74, 6) is -0.0139. The molecule has 0 radical (unpaired) electrons. The summed E-state index contributed by atoms with van der Waals surface area (Å²) < 4.78 is 0.584. The molecule has 7 heteroatoms. The molecule has 0 aromatic heterocycles. The van der Waals surface area contributed by atoms with E-state index in [1.807, 2.05) is 6.92 Å². The highest BCUT2D eigenvalue weighted by molar-refractivity contribution is 9.10. The van der Waals surface area contributed by atoms with Crippen molar-refractivity contribution in [2.75, 3.05) is 0 Å². The Morgan fingerprint density at radius 3 is 2.77 bits per heavy atom. The van der Waals surface area contributed by atoms with E-state index in [0.29, 0.717) is 27.2 Å². The lowest BCUT2D eigenvalue weighted by Gasteiger charge is -2.12. The van der Waals surface area contributed by atoms with Crippen LogP contribution >= 0.6 is 15.9 Å². The zero-order chi connectivity index (χ0) is 16.3. The molecule has 116 valence electrons. The Labute approximate surface area is 135 Å². The number of nitro groups is 1. The van der Waals surface area contributed by atoms with Gasteiger partial charge < -0.3 is 10.3 Å². The Hall–Kier alpha value is -2.15. The summed E-state index contributed by atoms with van der Waals surface area (Å²) >= 11 is 3.34. The largest absolute Gasteiger partial charge is 0.507 e. The smallest absolute Gasteiger partial charge is 0.277 e. The van der Waals surface area contributed by atoms with Crippen molar-refractivity contribution in [1.29, 1.82) is 0 Å². The van der Waals surface area contributed by atoms with Crippen molar-refractivity contribution in [2.45, 2.75) is 26.2 Å². The number of nitro benzene ring substituents is 1. The van der Waals surface area contributed by atoms with E-state index >= 15 is 0 Å². The maximum absolute atomic E-state index is 11.3. The topological polar surface area (TPSA) is 96.0 Å². The Morgan fingerprint density at radius 1 is 1.45 bits per heavy atom. The van der Waals surface area contributed by atoms with Gasteiger partial charge in [0.2, 0.25) is 0 Å². The number of phenols is 1. The minimum atomic E-state index is -0.463. The summed E-state index contributed by atoms with van der Waals surface area (Å²) in [5.41, 5.74) is 0.815. The Bertz CT molecular complexity index is 759. The van der Waals surface area contributed by atoms with Crippen LogP contribution in [0, 0.1) is 10.1 Å². The standard InChI is InChI=1S/C15H15BrN2O4/c1-2-3-4-9-7-10-13(18(21)22)6-5-12(16)14(10)11(8-17-20)15(9)19/h5-8,19-20H,2-4H2,1H3/b17-8+. The van der Waals surface area contributed by atoms with Crippen LogP contribution in [-0.2, 0) is 6.42 Å². The first kappa shape index (κ1) is 16.2. The molecule has 0 atom stereocenters. The molecular weight excluding hydrogens is 352 g/mol. The van der Waals surface area contributed by atoms with E-state index in [4.69, 9.17) is 5.21 Å². The lowest BCUT2D eigenvalue weighted by atomic mass is 9.96. The van der Waals surface area contributed by atoms with Gasteiger partial charge in [-0.3, -0.25) is 10.1 Å². The third kappa shape index (κ3) is 2.89. The average molecular weight is 367 g/mol. The van der Waals surface area contributed by atoms with Crippen LogP contribution in [0.3, 0.4) is 0 Å². The first-order valence-corrected chi connectivity index (χ1v) is 7.59. The monoisotopic (exact) mass is 366 g/mol. The van der Waals surface area contributed by atoms with Crippen LogP contribution in [-0.4, -0.2) is 21.5 Å². The number of oxime groups is 1. The minimum absolute atomic E-state index is 0.0139. The number of non-ortho nitro benzene ring substituents is 1. The second kappa shape index (κ2) is 6.74. The molecule has 0 saturated carbocycles. The van der Waals surface area contributed by atoms with Crippen LogP contribution in [0.5, 0.6) is 5.75 Å². The SMILES string of the molecule is CCCCc1cc2c([N+](=O)[O-])ccc(Br)c2c(/C=N/O)c1O. The summed E-state index contributed by atoms with van der Waals surface area (Å²) in [5, 5.41) is 34.3. The number of benzene rings is 2. The van der Waals surface area contributed by atoms with Gasteiger partial charge in [-0.1, -0.05) is 34.4 Å². The Morgan fingerprint density at radius 2 is 2.18 bits per heavy atom. The van der Waals surface area contributed by atoms with Crippen LogP contribution in [0.15, 0.2) is 27.8 Å². The lowest BCUT2D eigenvalue weighted by Crippen LogP contribution is -1.97. The number of hydrogen-bond acceptors (Lipinski definition) is 5. The van der Waals surface area contributed by atoms with Crippen molar-refractivity contribution < 1.29 is 15.2 Å². The van der Waals surface area contributed by atoms with Gasteiger partial charge in [-0.15, -0.1) is 0 Å². The maximum atomic E-state index is 11.3. The van der Waals surface area contributed by atoms with Crippen LogP contribution in [0.4, 0.5) is 5.69 Å². The van der Waals surface area contributed by atoms with Crippen LogP contribution in [0.25, 0.3) is 10.8 Å². The highest BCUT2D eigenvalue weighted by atomic mass is 79.9. The summed E-state index contributed by atoms with van der Waals surface area (Å²) in [4.78, 5) is 10.8. The van der Waals surface area contributed by atoms with Crippen LogP contribution in [0.1, 0.15) is 30.9 Å². The molecule has 0 aliphatic heterocycles. The Balaban J connectivity index is 2.88. The number of fused-ring (bicyclic) bond motifs is 1. The number of aromatic hydroxyl groups is 1. The molecule has 0 unspecified atom stereocenters. The van der Waals surface area contributed by atoms with Gasteiger partial charge in [0, 0.05) is 21.5 Å². The molecule has 2 aromatic carbocycles. The number of phenolic OH excluding ortho intramolecular Hbond substituents is 1. The van der Waals surface area contributed by atoms with Gasteiger partial charge in [-0.2, -0.15) is 0 Å². The maximum Gasteiger partial charge on any atom is 0.277 e. The van der Waals surface area contributed by atoms with Gasteiger partial charge >= 0.3 is 0 Å². The van der Waals surface area contributed by atoms with E-state index in [-0.39, 0.29) is 17.0 Å². The molecule has 6 nitrogen and oxygen atoms in total. The number of unbranched alkanes of at least 4 members (excludes halogenated alkanes) is 1. The van der Waals surface area contributed by atoms with Gasteiger partial charge in [0.05, 0.1) is 16.5 Å². The number of hydrogen-bond donors (Lipinski definition) is 2. The van der Waals surface area contributed by atoms with Gasteiger partial charge in [-0.05, 0) is 30.5 Å². The molecule has 0 aliphatic rings. The zero-order valence-corrected chi connectivity index (χ0v) is 13.5. The lowest BCUT2D eigenvalue weighted by molar-refractivity contribution is -0.383. The summed E-state index contributed by atoms with van der Waals surface area (Å²) in [6.45, 7) is 2.02. The van der Waals surface area contributed by atoms with Crippen LogP contribution in [0.2, 0.25) is 0 Å². The molecule has 2 rings (SSSR count). The fourth-order valence-electron chi connectivity index (χ4n) is 2.44. The van der Waals surface area contributed by atoms with E-state index in [0.717, 1.165) is 19.1 Å². The molecule has 0 amide bonds. The number of aryl methyl sites for hydroxylation is 1. The molecular formula is C15H15BrN2O4. The van der Waals surface area contributed by atoms with Gasteiger partial charge in [-0.25, -0.2) is 0 Å². The average Bonchev–Trinajstić information content (AvgIpc) is 2.48. The molecule has 0 saturated heterocycles. The fourth-order valence-corrected chi connectivity index (χ4v) is 3.00. The number of rotatable bonds is 5. The van der Waals surface area contributed by atoms with E-state index in [2.05, 4.69) is 21.1 Å². The summed E-state index contributed by atoms with van der Waals surface area (Å²) in [7, 11) is 0. The second-order valence-electron chi connectivity index (χ2n) is 4.89. The van der Waals surface area contributed by atoms with Crippen molar-refractivity contribution in [3.05, 3.63) is 43.9 Å². The zero-order valence-electron chi connectivity index (χ0n) is 11.9. The number of halogens is 1. The molecule has 0 spiro atoms. The predicted molar refractivity (Wildman–Crippen MR) is 88.0 cm³/mol. The van der Waals surface area contributed by atoms with Crippen molar-refractivity contribution in [2.24, 2.45) is 5.16 Å². The van der Waals surface area contributed by atoms with Gasteiger partial charge in [0.1, 0.15) is 5.75 Å². The summed E-state index contributed by atoms with van der Waals surface area (Å²) in [6, 6.07) is 4.59. The second-order valence-corrected chi connectivity index (χ2v) is 5.75. The first-order chi connectivity index (χ1) is 10.5. The molecule has 2 aromatic rings. The molecule has 0 heterocycles. The highest BCUT2D eigenvalue weighted by Crippen LogP contribution is 2.39. The van der Waals surface area contributed by atoms with Gasteiger partial charge in [0.15, 0.2) is 0 Å². The van der Waals surface area contributed by atoms with Crippen molar-refractivity contribution in [1.82, 2.24) is 0 Å².